The van der Waals surface area contributed by atoms with Crippen LogP contribution in [0.4, 0.5) is 8.78 Å². The lowest BCUT2D eigenvalue weighted by Crippen LogP contribution is -2.54. The maximum absolute atomic E-state index is 12.1. The molecule has 4 heteroatoms. The van der Waals surface area contributed by atoms with Crippen LogP contribution in [0.25, 0.3) is 0 Å². The van der Waals surface area contributed by atoms with Crippen LogP contribution in [0.1, 0.15) is 39.0 Å². The molecule has 0 unspecified atom stereocenters. The summed E-state index contributed by atoms with van der Waals surface area (Å²) in [5.41, 5.74) is 5.48. The van der Waals surface area contributed by atoms with Gasteiger partial charge in [-0.25, -0.2) is 8.78 Å². The first-order valence-corrected chi connectivity index (χ1v) is 5.85. The molecule has 1 aliphatic rings. The first-order valence-electron chi connectivity index (χ1n) is 5.85. The average Bonchev–Trinajstić information content (AvgIpc) is 2.27. The highest BCUT2D eigenvalue weighted by Gasteiger charge is 2.33. The number of hydrogen-bond acceptors (Lipinski definition) is 2. The van der Waals surface area contributed by atoms with E-state index < -0.39 is 6.43 Å². The molecule has 1 rings (SSSR count). The van der Waals surface area contributed by atoms with Gasteiger partial charge in [0.2, 0.25) is 0 Å². The summed E-state index contributed by atoms with van der Waals surface area (Å²) in [5.74, 6) is 0.762. The van der Waals surface area contributed by atoms with Crippen molar-refractivity contribution in [1.82, 2.24) is 5.32 Å². The van der Waals surface area contributed by atoms with E-state index in [0.717, 1.165) is 31.6 Å². The van der Waals surface area contributed by atoms with Gasteiger partial charge in [0.15, 0.2) is 0 Å². The summed E-state index contributed by atoms with van der Waals surface area (Å²) < 4.78 is 24.3. The van der Waals surface area contributed by atoms with E-state index in [1.807, 2.05) is 0 Å². The molecule has 1 fully saturated rings. The van der Waals surface area contributed by atoms with Gasteiger partial charge in [0.25, 0.3) is 6.43 Å². The minimum atomic E-state index is -2.28. The first kappa shape index (κ1) is 12.8. The third kappa shape index (κ3) is 3.68. The third-order valence-electron chi connectivity index (χ3n) is 3.66. The quantitative estimate of drug-likeness (QED) is 0.745. The minimum Gasteiger partial charge on any atom is -0.329 e. The van der Waals surface area contributed by atoms with E-state index in [4.69, 9.17) is 5.73 Å². The third-order valence-corrected chi connectivity index (χ3v) is 3.66. The Morgan fingerprint density at radius 1 is 1.40 bits per heavy atom. The summed E-state index contributed by atoms with van der Waals surface area (Å²) in [7, 11) is 0. The normalized spacial score (nSPS) is 32.2. The molecule has 0 bridgehead atoms. The number of halogens is 2. The van der Waals surface area contributed by atoms with Gasteiger partial charge >= 0.3 is 0 Å². The van der Waals surface area contributed by atoms with Crippen molar-refractivity contribution in [3.63, 3.8) is 0 Å². The average molecular weight is 220 g/mol. The van der Waals surface area contributed by atoms with Crippen LogP contribution in [0, 0.1) is 5.92 Å². The number of rotatable bonds is 5. The van der Waals surface area contributed by atoms with E-state index >= 15 is 0 Å². The van der Waals surface area contributed by atoms with E-state index in [1.165, 1.54) is 6.42 Å². The lowest BCUT2D eigenvalue weighted by Gasteiger charge is -2.40. The SMILES string of the molecule is CCC1CCC(CN)(NCC(F)F)CC1. The fourth-order valence-corrected chi connectivity index (χ4v) is 2.39. The molecule has 3 N–H and O–H groups in total. The van der Waals surface area contributed by atoms with E-state index in [1.54, 1.807) is 0 Å². The topological polar surface area (TPSA) is 38.0 Å². The van der Waals surface area contributed by atoms with Crippen LogP contribution in [0.5, 0.6) is 0 Å². The van der Waals surface area contributed by atoms with E-state index in [0.29, 0.717) is 6.54 Å². The summed E-state index contributed by atoms with van der Waals surface area (Å²) in [6, 6.07) is 0. The van der Waals surface area contributed by atoms with Crippen molar-refractivity contribution in [2.75, 3.05) is 13.1 Å². The smallest absolute Gasteiger partial charge is 0.250 e. The monoisotopic (exact) mass is 220 g/mol. The van der Waals surface area contributed by atoms with Crippen molar-refractivity contribution >= 4 is 0 Å². The lowest BCUT2D eigenvalue weighted by molar-refractivity contribution is 0.112. The van der Waals surface area contributed by atoms with Gasteiger partial charge in [-0.2, -0.15) is 0 Å². The van der Waals surface area contributed by atoms with Gasteiger partial charge in [0.1, 0.15) is 0 Å². The van der Waals surface area contributed by atoms with Gasteiger partial charge in [-0.1, -0.05) is 13.3 Å². The Kier molecular flexibility index (Phi) is 4.93. The predicted molar refractivity (Wildman–Crippen MR) is 58.0 cm³/mol. The van der Waals surface area contributed by atoms with Crippen LogP contribution < -0.4 is 11.1 Å². The van der Waals surface area contributed by atoms with Gasteiger partial charge in [0.05, 0.1) is 6.54 Å². The van der Waals surface area contributed by atoms with Gasteiger partial charge < -0.3 is 11.1 Å². The Bertz CT molecular complexity index is 177. The minimum absolute atomic E-state index is 0.220. The van der Waals surface area contributed by atoms with Crippen LogP contribution in [0.3, 0.4) is 0 Å². The molecule has 0 amide bonds. The number of nitrogens with two attached hydrogens (primary N) is 1. The molecule has 15 heavy (non-hydrogen) atoms. The van der Waals surface area contributed by atoms with Crippen LogP contribution in [-0.4, -0.2) is 25.1 Å². The predicted octanol–water partition coefficient (Wildman–Crippen LogP) is 2.14. The van der Waals surface area contributed by atoms with Gasteiger partial charge in [0, 0.05) is 12.1 Å². The summed E-state index contributed by atoms with van der Waals surface area (Å²) >= 11 is 0. The van der Waals surface area contributed by atoms with Crippen molar-refractivity contribution in [3.05, 3.63) is 0 Å². The van der Waals surface area contributed by atoms with E-state index in [2.05, 4.69) is 12.2 Å². The second kappa shape index (κ2) is 5.75. The molecule has 90 valence electrons. The van der Waals surface area contributed by atoms with Gasteiger partial charge in [-0.05, 0) is 31.6 Å². The molecule has 0 aromatic heterocycles. The fourth-order valence-electron chi connectivity index (χ4n) is 2.39. The van der Waals surface area contributed by atoms with Crippen molar-refractivity contribution in [2.24, 2.45) is 11.7 Å². The van der Waals surface area contributed by atoms with E-state index in [-0.39, 0.29) is 12.1 Å². The molecule has 0 aliphatic heterocycles. The number of nitrogens with one attached hydrogen (secondary N) is 1. The summed E-state index contributed by atoms with van der Waals surface area (Å²) in [6.07, 6.45) is 3.02. The number of hydrogen-bond donors (Lipinski definition) is 2. The summed E-state index contributed by atoms with van der Waals surface area (Å²) in [5, 5.41) is 2.95. The highest BCUT2D eigenvalue weighted by molar-refractivity contribution is 4.93. The zero-order valence-corrected chi connectivity index (χ0v) is 9.44. The molecule has 0 radical (unpaired) electrons. The van der Waals surface area contributed by atoms with Crippen LogP contribution in [0.15, 0.2) is 0 Å². The largest absolute Gasteiger partial charge is 0.329 e. The maximum Gasteiger partial charge on any atom is 0.250 e. The second-order valence-electron chi connectivity index (χ2n) is 4.61. The van der Waals surface area contributed by atoms with Crippen LogP contribution >= 0.6 is 0 Å². The van der Waals surface area contributed by atoms with Crippen molar-refractivity contribution < 1.29 is 8.78 Å². The molecule has 1 saturated carbocycles. The van der Waals surface area contributed by atoms with E-state index in [9.17, 15) is 8.78 Å². The molecule has 0 heterocycles. The molecular weight excluding hydrogens is 198 g/mol. The highest BCUT2D eigenvalue weighted by Crippen LogP contribution is 2.33. The van der Waals surface area contributed by atoms with Gasteiger partial charge in [-0.15, -0.1) is 0 Å². The molecule has 0 saturated heterocycles. The first-order chi connectivity index (χ1) is 7.12. The molecule has 0 aromatic rings. The Labute approximate surface area is 90.6 Å². The Hall–Kier alpha value is -0.220. The molecule has 0 aromatic carbocycles. The standard InChI is InChI=1S/C11H22F2N2/c1-2-9-3-5-11(8-14,6-4-9)15-7-10(12)13/h9-10,15H,2-8,14H2,1H3. The van der Waals surface area contributed by atoms with Crippen molar-refractivity contribution in [1.29, 1.82) is 0 Å². The Balaban J connectivity index is 2.41. The van der Waals surface area contributed by atoms with Crippen LogP contribution in [-0.2, 0) is 0 Å². The summed E-state index contributed by atoms with van der Waals surface area (Å²) in [6.45, 7) is 2.43. The zero-order valence-electron chi connectivity index (χ0n) is 9.44. The molecule has 0 spiro atoms. The molecular formula is C11H22F2N2. The lowest BCUT2D eigenvalue weighted by atomic mass is 9.75. The molecule has 0 atom stereocenters. The van der Waals surface area contributed by atoms with Gasteiger partial charge in [-0.3, -0.25) is 0 Å². The highest BCUT2D eigenvalue weighted by atomic mass is 19.3. The Morgan fingerprint density at radius 2 is 2.00 bits per heavy atom. The maximum atomic E-state index is 12.1. The second-order valence-corrected chi connectivity index (χ2v) is 4.61. The number of alkyl halides is 2. The fraction of sp³-hybridized carbons (Fsp3) is 1.00. The van der Waals surface area contributed by atoms with Crippen molar-refractivity contribution in [2.45, 2.75) is 51.0 Å². The summed E-state index contributed by atoms with van der Waals surface area (Å²) in [4.78, 5) is 0. The molecule has 1 aliphatic carbocycles. The van der Waals surface area contributed by atoms with Crippen LogP contribution in [0.2, 0.25) is 0 Å². The van der Waals surface area contributed by atoms with Crippen molar-refractivity contribution in [3.8, 4) is 0 Å². The Morgan fingerprint density at radius 3 is 2.40 bits per heavy atom. The zero-order chi connectivity index (χ0) is 11.3. The molecule has 2 nitrogen and oxygen atoms in total.